The van der Waals surface area contributed by atoms with Crippen LogP contribution in [0.4, 0.5) is 0 Å². The van der Waals surface area contributed by atoms with Gasteiger partial charge < -0.3 is 10.5 Å². The maximum atomic E-state index is 7.21. The molecule has 3 N–H and O–H groups in total. The van der Waals surface area contributed by atoms with Crippen molar-refractivity contribution in [1.29, 1.82) is 5.41 Å². The maximum absolute atomic E-state index is 7.21. The third kappa shape index (κ3) is 2.05. The van der Waals surface area contributed by atoms with Crippen LogP contribution in [-0.4, -0.2) is 29.3 Å². The van der Waals surface area contributed by atoms with Crippen molar-refractivity contribution in [2.24, 2.45) is 5.73 Å². The fraction of sp³-hybridized carbons (Fsp3) is 0.333. The van der Waals surface area contributed by atoms with Crippen LogP contribution in [0.2, 0.25) is 0 Å². The summed E-state index contributed by atoms with van der Waals surface area (Å²) in [6, 6.07) is 3.71. The van der Waals surface area contributed by atoms with Crippen molar-refractivity contribution in [3.05, 3.63) is 23.9 Å². The summed E-state index contributed by atoms with van der Waals surface area (Å²) >= 11 is 1.70. The van der Waals surface area contributed by atoms with Crippen molar-refractivity contribution in [2.45, 2.75) is 10.3 Å². The summed E-state index contributed by atoms with van der Waals surface area (Å²) in [6.07, 6.45) is 1.63. The van der Waals surface area contributed by atoms with Crippen molar-refractivity contribution in [2.75, 3.05) is 13.2 Å². The van der Waals surface area contributed by atoms with Gasteiger partial charge in [0.1, 0.15) is 5.84 Å². The van der Waals surface area contributed by atoms with Crippen molar-refractivity contribution in [3.63, 3.8) is 0 Å². The Morgan fingerprint density at radius 2 is 2.36 bits per heavy atom. The molecule has 1 aromatic rings. The molecular weight excluding hydrogens is 198 g/mol. The molecule has 5 heteroatoms. The fourth-order valence-electron chi connectivity index (χ4n) is 1.06. The lowest BCUT2D eigenvalue weighted by Gasteiger charge is -2.24. The second-order valence-corrected chi connectivity index (χ2v) is 4.40. The van der Waals surface area contributed by atoms with Gasteiger partial charge >= 0.3 is 0 Å². The molecule has 0 radical (unpaired) electrons. The zero-order valence-corrected chi connectivity index (χ0v) is 8.38. The van der Waals surface area contributed by atoms with E-state index in [9.17, 15) is 0 Å². The van der Waals surface area contributed by atoms with E-state index < -0.39 is 0 Å². The molecule has 1 fully saturated rings. The summed E-state index contributed by atoms with van der Waals surface area (Å²) in [7, 11) is 0. The number of ether oxygens (including phenoxy) is 1. The van der Waals surface area contributed by atoms with Crippen LogP contribution in [0.1, 0.15) is 5.56 Å². The number of nitrogens with zero attached hydrogens (tertiary/aromatic N) is 1. The van der Waals surface area contributed by atoms with Gasteiger partial charge in [0, 0.05) is 11.8 Å². The van der Waals surface area contributed by atoms with E-state index >= 15 is 0 Å². The monoisotopic (exact) mass is 209 g/mol. The lowest BCUT2D eigenvalue weighted by molar-refractivity contribution is 0.0454. The molecule has 4 nitrogen and oxygen atoms in total. The van der Waals surface area contributed by atoms with Gasteiger partial charge in [-0.2, -0.15) is 0 Å². The number of hydrogen-bond donors (Lipinski definition) is 2. The molecule has 1 aliphatic rings. The zero-order chi connectivity index (χ0) is 9.97. The van der Waals surface area contributed by atoms with Gasteiger partial charge in [0.05, 0.1) is 23.5 Å². The molecule has 0 amide bonds. The normalized spacial score (nSPS) is 16.3. The molecule has 1 aromatic heterocycles. The number of rotatable bonds is 3. The van der Waals surface area contributed by atoms with Gasteiger partial charge in [-0.1, -0.05) is 11.8 Å². The summed E-state index contributed by atoms with van der Waals surface area (Å²) in [5, 5.41) is 8.70. The summed E-state index contributed by atoms with van der Waals surface area (Å²) in [5.41, 5.74) is 5.98. The molecule has 1 saturated heterocycles. The van der Waals surface area contributed by atoms with Crippen LogP contribution < -0.4 is 5.73 Å². The molecule has 0 spiro atoms. The molecule has 0 aromatic carbocycles. The highest BCUT2D eigenvalue weighted by Gasteiger charge is 2.19. The maximum Gasteiger partial charge on any atom is 0.124 e. The van der Waals surface area contributed by atoms with Crippen LogP contribution in [0.3, 0.4) is 0 Å². The third-order valence-corrected chi connectivity index (χ3v) is 3.03. The Balaban J connectivity index is 2.01. The fourth-order valence-corrected chi connectivity index (χ4v) is 1.99. The highest BCUT2D eigenvalue weighted by molar-refractivity contribution is 8.00. The summed E-state index contributed by atoms with van der Waals surface area (Å²) in [4.78, 5) is 4.21. The molecule has 2 rings (SSSR count). The Morgan fingerprint density at radius 3 is 2.79 bits per heavy atom. The van der Waals surface area contributed by atoms with Crippen molar-refractivity contribution in [3.8, 4) is 0 Å². The van der Waals surface area contributed by atoms with Crippen molar-refractivity contribution < 1.29 is 4.74 Å². The Bertz CT molecular complexity index is 334. The molecule has 0 atom stereocenters. The first-order valence-electron chi connectivity index (χ1n) is 4.30. The third-order valence-electron chi connectivity index (χ3n) is 1.94. The van der Waals surface area contributed by atoms with Crippen LogP contribution >= 0.6 is 11.8 Å². The SMILES string of the molecule is N=C(N)c1ccc(SC2COC2)nc1. The lowest BCUT2D eigenvalue weighted by atomic mass is 10.3. The van der Waals surface area contributed by atoms with E-state index in [0.717, 1.165) is 18.2 Å². The molecule has 0 unspecified atom stereocenters. The summed E-state index contributed by atoms with van der Waals surface area (Å²) in [5.74, 6) is 0.0565. The lowest BCUT2D eigenvalue weighted by Crippen LogP contribution is -2.30. The number of nitrogen functional groups attached to an aromatic ring is 1. The van der Waals surface area contributed by atoms with Gasteiger partial charge in [-0.15, -0.1) is 0 Å². The van der Waals surface area contributed by atoms with E-state index in [1.807, 2.05) is 12.1 Å². The van der Waals surface area contributed by atoms with Gasteiger partial charge in [-0.05, 0) is 12.1 Å². The predicted molar refractivity (Wildman–Crippen MR) is 55.7 cm³/mol. The number of hydrogen-bond acceptors (Lipinski definition) is 4. The topological polar surface area (TPSA) is 72.0 Å². The minimum absolute atomic E-state index is 0.0565. The smallest absolute Gasteiger partial charge is 0.124 e. The molecule has 1 aliphatic heterocycles. The van der Waals surface area contributed by atoms with Crippen LogP contribution in [0.15, 0.2) is 23.4 Å². The standard InChI is InChI=1S/C9H11N3OS/c10-9(11)6-1-2-8(12-3-6)14-7-4-13-5-7/h1-3,7H,4-5H2,(H3,10,11). The van der Waals surface area contributed by atoms with Crippen molar-refractivity contribution >= 4 is 17.6 Å². The molecule has 0 aliphatic carbocycles. The number of nitrogens with one attached hydrogen (secondary N) is 1. The van der Waals surface area contributed by atoms with Gasteiger partial charge in [-0.3, -0.25) is 5.41 Å². The van der Waals surface area contributed by atoms with Gasteiger partial charge in [0.25, 0.3) is 0 Å². The number of pyridine rings is 1. The average molecular weight is 209 g/mol. The highest BCUT2D eigenvalue weighted by Crippen LogP contribution is 2.26. The number of amidine groups is 1. The van der Waals surface area contributed by atoms with Crippen molar-refractivity contribution in [1.82, 2.24) is 4.98 Å². The van der Waals surface area contributed by atoms with Gasteiger partial charge in [-0.25, -0.2) is 4.98 Å². The molecule has 0 saturated carbocycles. The van der Waals surface area contributed by atoms with E-state index in [0.29, 0.717) is 10.8 Å². The second kappa shape index (κ2) is 3.98. The average Bonchev–Trinajstić information content (AvgIpc) is 2.12. The first kappa shape index (κ1) is 9.48. The van der Waals surface area contributed by atoms with Crippen LogP contribution in [0.25, 0.3) is 0 Å². The highest BCUT2D eigenvalue weighted by atomic mass is 32.2. The summed E-state index contributed by atoms with van der Waals surface area (Å²) in [6.45, 7) is 1.61. The number of nitrogens with two attached hydrogens (primary N) is 1. The Labute approximate surface area is 86.4 Å². The summed E-state index contributed by atoms with van der Waals surface area (Å²) < 4.78 is 5.07. The Kier molecular flexibility index (Phi) is 2.69. The second-order valence-electron chi connectivity index (χ2n) is 3.08. The first-order valence-corrected chi connectivity index (χ1v) is 5.18. The van der Waals surface area contributed by atoms with E-state index in [1.54, 1.807) is 18.0 Å². The quantitative estimate of drug-likeness (QED) is 0.572. The zero-order valence-electron chi connectivity index (χ0n) is 7.56. The van der Waals surface area contributed by atoms with E-state index in [2.05, 4.69) is 4.98 Å². The number of thioether (sulfide) groups is 1. The van der Waals surface area contributed by atoms with Gasteiger partial charge in [0.15, 0.2) is 0 Å². The molecule has 74 valence electrons. The molecule has 2 heterocycles. The van der Waals surface area contributed by atoms with Gasteiger partial charge in [0.2, 0.25) is 0 Å². The van der Waals surface area contributed by atoms with Crippen LogP contribution in [0, 0.1) is 5.41 Å². The molecule has 14 heavy (non-hydrogen) atoms. The molecule has 0 bridgehead atoms. The van der Waals surface area contributed by atoms with E-state index in [-0.39, 0.29) is 5.84 Å². The Morgan fingerprint density at radius 1 is 1.57 bits per heavy atom. The Hall–Kier alpha value is -1.07. The minimum Gasteiger partial charge on any atom is -0.384 e. The number of aromatic nitrogens is 1. The van der Waals surface area contributed by atoms with Crippen LogP contribution in [0.5, 0.6) is 0 Å². The first-order chi connectivity index (χ1) is 6.75. The van der Waals surface area contributed by atoms with Crippen LogP contribution in [-0.2, 0) is 4.74 Å². The minimum atomic E-state index is 0.0565. The predicted octanol–water partition coefficient (Wildman–Crippen LogP) is 0.857. The van der Waals surface area contributed by atoms with E-state index in [4.69, 9.17) is 15.9 Å². The molecular formula is C9H11N3OS. The van der Waals surface area contributed by atoms with E-state index in [1.165, 1.54) is 0 Å². The largest absolute Gasteiger partial charge is 0.384 e.